The summed E-state index contributed by atoms with van der Waals surface area (Å²) >= 11 is 0. The maximum absolute atomic E-state index is 12.4. The lowest BCUT2D eigenvalue weighted by molar-refractivity contribution is -0.114. The number of carbonyl (C=O) groups is 2. The first kappa shape index (κ1) is 22.2. The number of nitrogens with one attached hydrogen (secondary N) is 1. The van der Waals surface area contributed by atoms with Crippen LogP contribution >= 0.6 is 0 Å². The molecular formula is C20H25N3O5S. The molecule has 0 aliphatic heterocycles. The highest BCUT2D eigenvalue weighted by Crippen LogP contribution is 2.20. The number of hydrogen-bond acceptors (Lipinski definition) is 5. The Morgan fingerprint density at radius 1 is 1.00 bits per heavy atom. The summed E-state index contributed by atoms with van der Waals surface area (Å²) < 4.78 is 30.8. The first-order chi connectivity index (χ1) is 13.6. The maximum atomic E-state index is 12.4. The highest BCUT2D eigenvalue weighted by atomic mass is 32.2. The first-order valence-electron chi connectivity index (χ1n) is 8.94. The second-order valence-corrected chi connectivity index (χ2v) is 8.43. The molecule has 29 heavy (non-hydrogen) atoms. The average Bonchev–Trinajstić information content (AvgIpc) is 2.66. The predicted octanol–water partition coefficient (Wildman–Crippen LogP) is 2.19. The largest absolute Gasteiger partial charge is 0.494 e. The summed E-state index contributed by atoms with van der Waals surface area (Å²) in [6, 6.07) is 12.8. The van der Waals surface area contributed by atoms with Crippen LogP contribution in [0.2, 0.25) is 0 Å². The van der Waals surface area contributed by atoms with Crippen LogP contribution in [0.3, 0.4) is 0 Å². The Morgan fingerprint density at radius 3 is 2.07 bits per heavy atom. The zero-order valence-corrected chi connectivity index (χ0v) is 17.7. The Hall–Kier alpha value is -3.07. The summed E-state index contributed by atoms with van der Waals surface area (Å²) in [5.41, 5.74) is 1.24. The van der Waals surface area contributed by atoms with E-state index < -0.39 is 22.5 Å². The van der Waals surface area contributed by atoms with Gasteiger partial charge in [-0.3, -0.25) is 13.9 Å². The van der Waals surface area contributed by atoms with Crippen molar-refractivity contribution in [2.75, 3.05) is 43.1 Å². The van der Waals surface area contributed by atoms with Gasteiger partial charge in [0.05, 0.1) is 18.6 Å². The van der Waals surface area contributed by atoms with Gasteiger partial charge in [0.1, 0.15) is 12.3 Å². The average molecular weight is 420 g/mol. The van der Waals surface area contributed by atoms with E-state index in [0.29, 0.717) is 29.3 Å². The molecule has 2 amide bonds. The van der Waals surface area contributed by atoms with Gasteiger partial charge in [-0.2, -0.15) is 0 Å². The SMILES string of the molecule is CCOc1ccc(NC(=O)CN(c2ccc(C(=O)N(C)C)cc2)S(C)(=O)=O)cc1. The molecule has 0 heterocycles. The van der Waals surface area contributed by atoms with Gasteiger partial charge in [0, 0.05) is 25.3 Å². The summed E-state index contributed by atoms with van der Waals surface area (Å²) in [5.74, 6) is -0.0145. The number of benzene rings is 2. The number of rotatable bonds is 8. The minimum absolute atomic E-state index is 0.198. The minimum Gasteiger partial charge on any atom is -0.494 e. The number of carbonyl (C=O) groups excluding carboxylic acids is 2. The molecule has 0 radical (unpaired) electrons. The zero-order chi connectivity index (χ0) is 21.6. The Morgan fingerprint density at radius 2 is 1.59 bits per heavy atom. The van der Waals surface area contributed by atoms with Crippen molar-refractivity contribution >= 4 is 33.2 Å². The van der Waals surface area contributed by atoms with Gasteiger partial charge in [0.15, 0.2) is 0 Å². The van der Waals surface area contributed by atoms with E-state index in [0.717, 1.165) is 10.6 Å². The Bertz CT molecular complexity index is 955. The third kappa shape index (κ3) is 6.21. The normalized spacial score (nSPS) is 10.9. The monoisotopic (exact) mass is 419 g/mol. The van der Waals surface area contributed by atoms with Crippen molar-refractivity contribution in [3.8, 4) is 5.75 Å². The smallest absolute Gasteiger partial charge is 0.253 e. The minimum atomic E-state index is -3.71. The fraction of sp³-hybridized carbons (Fsp3) is 0.300. The number of sulfonamides is 1. The molecule has 0 saturated heterocycles. The van der Waals surface area contributed by atoms with E-state index in [1.807, 2.05) is 6.92 Å². The van der Waals surface area contributed by atoms with E-state index in [9.17, 15) is 18.0 Å². The highest BCUT2D eigenvalue weighted by Gasteiger charge is 2.21. The number of ether oxygens (including phenoxy) is 1. The van der Waals surface area contributed by atoms with Gasteiger partial charge in [-0.25, -0.2) is 8.42 Å². The van der Waals surface area contributed by atoms with Crippen molar-refractivity contribution in [2.45, 2.75) is 6.92 Å². The lowest BCUT2D eigenvalue weighted by atomic mass is 10.2. The van der Waals surface area contributed by atoms with E-state index in [1.54, 1.807) is 38.4 Å². The molecule has 156 valence electrons. The topological polar surface area (TPSA) is 96.0 Å². The molecule has 8 nitrogen and oxygen atoms in total. The molecule has 0 spiro atoms. The second kappa shape index (κ2) is 9.42. The predicted molar refractivity (Wildman–Crippen MR) is 113 cm³/mol. The van der Waals surface area contributed by atoms with Crippen LogP contribution in [0.25, 0.3) is 0 Å². The van der Waals surface area contributed by atoms with Crippen molar-refractivity contribution in [2.24, 2.45) is 0 Å². The molecule has 0 aromatic heterocycles. The third-order valence-corrected chi connectivity index (χ3v) is 5.09. The molecule has 0 fully saturated rings. The zero-order valence-electron chi connectivity index (χ0n) is 16.9. The molecule has 0 unspecified atom stereocenters. The molecule has 0 aliphatic carbocycles. The number of hydrogen-bond donors (Lipinski definition) is 1. The number of anilines is 2. The summed E-state index contributed by atoms with van der Waals surface area (Å²) in [7, 11) is -0.453. The second-order valence-electron chi connectivity index (χ2n) is 6.52. The fourth-order valence-corrected chi connectivity index (χ4v) is 3.42. The molecule has 9 heteroatoms. The first-order valence-corrected chi connectivity index (χ1v) is 10.8. The van der Waals surface area contributed by atoms with Crippen LogP contribution in [0.5, 0.6) is 5.75 Å². The summed E-state index contributed by atoms with van der Waals surface area (Å²) in [4.78, 5) is 25.8. The van der Waals surface area contributed by atoms with Gasteiger partial charge >= 0.3 is 0 Å². The van der Waals surface area contributed by atoms with E-state index in [-0.39, 0.29) is 5.91 Å². The van der Waals surface area contributed by atoms with Gasteiger partial charge in [-0.1, -0.05) is 0 Å². The Labute approximate surface area is 171 Å². The molecule has 1 N–H and O–H groups in total. The molecule has 0 aliphatic rings. The van der Waals surface area contributed by atoms with Gasteiger partial charge in [-0.05, 0) is 55.5 Å². The van der Waals surface area contributed by atoms with Crippen LogP contribution in [0.15, 0.2) is 48.5 Å². The lowest BCUT2D eigenvalue weighted by Gasteiger charge is -2.22. The Kier molecular flexibility index (Phi) is 7.22. The Balaban J connectivity index is 2.14. The van der Waals surface area contributed by atoms with Crippen molar-refractivity contribution in [1.29, 1.82) is 0 Å². The highest BCUT2D eigenvalue weighted by molar-refractivity contribution is 7.92. The fourth-order valence-electron chi connectivity index (χ4n) is 2.56. The molecule has 0 bridgehead atoms. The van der Waals surface area contributed by atoms with Crippen molar-refractivity contribution in [3.05, 3.63) is 54.1 Å². The molecule has 2 aromatic rings. The molecule has 0 atom stereocenters. The number of amides is 2. The van der Waals surface area contributed by atoms with E-state index in [2.05, 4.69) is 5.32 Å². The van der Waals surface area contributed by atoms with Crippen molar-refractivity contribution in [1.82, 2.24) is 4.90 Å². The van der Waals surface area contributed by atoms with Crippen molar-refractivity contribution in [3.63, 3.8) is 0 Å². The number of nitrogens with zero attached hydrogens (tertiary/aromatic N) is 2. The van der Waals surface area contributed by atoms with Gasteiger partial charge in [0.2, 0.25) is 15.9 Å². The van der Waals surface area contributed by atoms with Crippen LogP contribution in [-0.4, -0.2) is 58.6 Å². The van der Waals surface area contributed by atoms with Gasteiger partial charge in [0.25, 0.3) is 5.91 Å². The third-order valence-electron chi connectivity index (χ3n) is 3.95. The maximum Gasteiger partial charge on any atom is 0.253 e. The van der Waals surface area contributed by atoms with Gasteiger partial charge < -0.3 is 15.0 Å². The molecule has 2 rings (SSSR count). The van der Waals surface area contributed by atoms with Crippen LogP contribution in [0.4, 0.5) is 11.4 Å². The summed E-state index contributed by atoms with van der Waals surface area (Å²) in [5, 5.41) is 2.67. The van der Waals surface area contributed by atoms with Crippen LogP contribution in [0, 0.1) is 0 Å². The van der Waals surface area contributed by atoms with Gasteiger partial charge in [-0.15, -0.1) is 0 Å². The van der Waals surface area contributed by atoms with E-state index in [1.165, 1.54) is 29.2 Å². The molecule has 2 aromatic carbocycles. The standard InChI is InChI=1S/C20H25N3O5S/c1-5-28-18-12-8-16(9-13-18)21-19(24)14-23(29(4,26)27)17-10-6-15(7-11-17)20(25)22(2)3/h6-13H,5,14H2,1-4H3,(H,21,24). The van der Waals surface area contributed by atoms with Crippen LogP contribution < -0.4 is 14.4 Å². The molecule has 0 saturated carbocycles. The summed E-state index contributed by atoms with van der Waals surface area (Å²) in [6.45, 7) is 2.01. The quantitative estimate of drug-likeness (QED) is 0.708. The van der Waals surface area contributed by atoms with Crippen molar-refractivity contribution < 1.29 is 22.7 Å². The lowest BCUT2D eigenvalue weighted by Crippen LogP contribution is -2.37. The van der Waals surface area contributed by atoms with E-state index in [4.69, 9.17) is 4.74 Å². The molecular weight excluding hydrogens is 394 g/mol. The summed E-state index contributed by atoms with van der Waals surface area (Å²) in [6.07, 6.45) is 1.02. The van der Waals surface area contributed by atoms with Crippen LogP contribution in [0.1, 0.15) is 17.3 Å². The van der Waals surface area contributed by atoms with Crippen LogP contribution in [-0.2, 0) is 14.8 Å². The van der Waals surface area contributed by atoms with E-state index >= 15 is 0 Å².